The zero-order valence-electron chi connectivity index (χ0n) is 10.4. The van der Waals surface area contributed by atoms with Crippen molar-refractivity contribution >= 4 is 22.2 Å². The molecular weight excluding hydrogens is 268 g/mol. The van der Waals surface area contributed by atoms with Gasteiger partial charge in [-0.1, -0.05) is 18.2 Å². The first-order valence-electron chi connectivity index (χ1n) is 6.20. The SMILES string of the molecule is c1ccc2c(-c3csc(-c4cnccn4)n3)c[nH]c2c1. The smallest absolute Gasteiger partial charge is 0.144 e. The van der Waals surface area contributed by atoms with Gasteiger partial charge < -0.3 is 4.98 Å². The lowest BCUT2D eigenvalue weighted by Crippen LogP contribution is -1.83. The van der Waals surface area contributed by atoms with Crippen LogP contribution >= 0.6 is 11.3 Å². The molecule has 0 saturated heterocycles. The van der Waals surface area contributed by atoms with Crippen LogP contribution in [0.1, 0.15) is 0 Å². The minimum absolute atomic E-state index is 0.809. The summed E-state index contributed by atoms with van der Waals surface area (Å²) in [5.41, 5.74) is 4.01. The minimum Gasteiger partial charge on any atom is -0.360 e. The van der Waals surface area contributed by atoms with Crippen LogP contribution in [-0.2, 0) is 0 Å². The van der Waals surface area contributed by atoms with Gasteiger partial charge in [-0.3, -0.25) is 9.97 Å². The Labute approximate surface area is 119 Å². The van der Waals surface area contributed by atoms with Gasteiger partial charge in [0.25, 0.3) is 0 Å². The Kier molecular flexibility index (Phi) is 2.57. The van der Waals surface area contributed by atoms with E-state index in [2.05, 4.69) is 37.4 Å². The summed E-state index contributed by atoms with van der Waals surface area (Å²) < 4.78 is 0. The number of aromatic nitrogens is 4. The van der Waals surface area contributed by atoms with E-state index >= 15 is 0 Å². The lowest BCUT2D eigenvalue weighted by atomic mass is 10.1. The van der Waals surface area contributed by atoms with Crippen molar-refractivity contribution < 1.29 is 0 Å². The molecule has 0 fully saturated rings. The zero-order valence-corrected chi connectivity index (χ0v) is 11.3. The lowest BCUT2D eigenvalue weighted by molar-refractivity contribution is 1.19. The average molecular weight is 278 g/mol. The van der Waals surface area contributed by atoms with Crippen molar-refractivity contribution in [1.82, 2.24) is 19.9 Å². The molecule has 0 aliphatic carbocycles. The third-order valence-corrected chi connectivity index (χ3v) is 4.02. The Morgan fingerprint density at radius 2 is 2.00 bits per heavy atom. The van der Waals surface area contributed by atoms with Crippen LogP contribution in [0.5, 0.6) is 0 Å². The zero-order chi connectivity index (χ0) is 13.4. The van der Waals surface area contributed by atoms with Gasteiger partial charge in [0.05, 0.1) is 11.9 Å². The van der Waals surface area contributed by atoms with Crippen molar-refractivity contribution in [2.24, 2.45) is 0 Å². The fourth-order valence-corrected chi connectivity index (χ4v) is 2.99. The Balaban J connectivity index is 1.82. The van der Waals surface area contributed by atoms with Crippen molar-refractivity contribution in [2.45, 2.75) is 0 Å². The van der Waals surface area contributed by atoms with Gasteiger partial charge in [-0.15, -0.1) is 11.3 Å². The summed E-state index contributed by atoms with van der Waals surface area (Å²) in [6, 6.07) is 8.22. The van der Waals surface area contributed by atoms with Crippen LogP contribution in [0.3, 0.4) is 0 Å². The topological polar surface area (TPSA) is 54.5 Å². The number of rotatable bonds is 2. The molecule has 0 spiro atoms. The Morgan fingerprint density at radius 1 is 1.05 bits per heavy atom. The van der Waals surface area contributed by atoms with Gasteiger partial charge >= 0.3 is 0 Å². The third-order valence-electron chi connectivity index (χ3n) is 3.15. The van der Waals surface area contributed by atoms with Crippen LogP contribution < -0.4 is 0 Å². The highest BCUT2D eigenvalue weighted by atomic mass is 32.1. The van der Waals surface area contributed by atoms with Crippen LogP contribution in [-0.4, -0.2) is 19.9 Å². The maximum atomic E-state index is 4.67. The molecule has 3 heterocycles. The lowest BCUT2D eigenvalue weighted by Gasteiger charge is -1.94. The summed E-state index contributed by atoms with van der Waals surface area (Å²) >= 11 is 1.58. The first-order valence-corrected chi connectivity index (χ1v) is 7.08. The second-order valence-electron chi connectivity index (χ2n) is 4.38. The second-order valence-corrected chi connectivity index (χ2v) is 5.23. The molecule has 1 aromatic carbocycles. The maximum absolute atomic E-state index is 4.67. The molecule has 4 nitrogen and oxygen atoms in total. The van der Waals surface area contributed by atoms with E-state index in [0.29, 0.717) is 0 Å². The van der Waals surface area contributed by atoms with E-state index < -0.39 is 0 Å². The van der Waals surface area contributed by atoms with Crippen molar-refractivity contribution in [2.75, 3.05) is 0 Å². The number of nitrogens with one attached hydrogen (secondary N) is 1. The van der Waals surface area contributed by atoms with Gasteiger partial charge in [-0.25, -0.2) is 4.98 Å². The van der Waals surface area contributed by atoms with E-state index in [0.717, 1.165) is 27.5 Å². The number of para-hydroxylation sites is 1. The van der Waals surface area contributed by atoms with Crippen molar-refractivity contribution in [3.8, 4) is 22.0 Å². The predicted molar refractivity (Wildman–Crippen MR) is 80.4 cm³/mol. The van der Waals surface area contributed by atoms with Crippen LogP contribution in [0.4, 0.5) is 0 Å². The molecule has 4 aromatic rings. The quantitative estimate of drug-likeness (QED) is 0.607. The summed E-state index contributed by atoms with van der Waals surface area (Å²) in [4.78, 5) is 16.3. The van der Waals surface area contributed by atoms with Crippen molar-refractivity contribution in [1.29, 1.82) is 0 Å². The monoisotopic (exact) mass is 278 g/mol. The molecule has 0 aliphatic rings. The normalized spacial score (nSPS) is 11.0. The van der Waals surface area contributed by atoms with Gasteiger partial charge in [0.1, 0.15) is 10.7 Å². The van der Waals surface area contributed by atoms with Gasteiger partial charge in [0, 0.05) is 40.4 Å². The first kappa shape index (κ1) is 11.3. The Morgan fingerprint density at radius 3 is 2.90 bits per heavy atom. The largest absolute Gasteiger partial charge is 0.360 e. The van der Waals surface area contributed by atoms with Gasteiger partial charge in [-0.2, -0.15) is 0 Å². The number of H-pyrrole nitrogens is 1. The summed E-state index contributed by atoms with van der Waals surface area (Å²) in [7, 11) is 0. The third kappa shape index (κ3) is 1.80. The summed E-state index contributed by atoms with van der Waals surface area (Å²) in [5.74, 6) is 0. The average Bonchev–Trinajstić information content (AvgIpc) is 3.14. The summed E-state index contributed by atoms with van der Waals surface area (Å²) in [6.45, 7) is 0. The van der Waals surface area contributed by atoms with Gasteiger partial charge in [-0.05, 0) is 6.07 Å². The van der Waals surface area contributed by atoms with Crippen LogP contribution in [0, 0.1) is 0 Å². The molecule has 0 bridgehead atoms. The Hall–Kier alpha value is -2.53. The molecule has 0 radical (unpaired) electrons. The number of nitrogens with zero attached hydrogens (tertiary/aromatic N) is 3. The fraction of sp³-hybridized carbons (Fsp3) is 0. The van der Waals surface area contributed by atoms with E-state index in [1.165, 1.54) is 5.39 Å². The molecule has 3 aromatic heterocycles. The molecule has 96 valence electrons. The van der Waals surface area contributed by atoms with E-state index in [-0.39, 0.29) is 0 Å². The second kappa shape index (κ2) is 4.54. The minimum atomic E-state index is 0.809. The molecule has 0 atom stereocenters. The molecule has 0 amide bonds. The predicted octanol–water partition coefficient (Wildman–Crippen LogP) is 3.75. The van der Waals surface area contributed by atoms with Crippen LogP contribution in [0.25, 0.3) is 32.9 Å². The number of hydrogen-bond acceptors (Lipinski definition) is 4. The molecule has 0 unspecified atom stereocenters. The fourth-order valence-electron chi connectivity index (χ4n) is 2.21. The van der Waals surface area contributed by atoms with Crippen LogP contribution in [0.15, 0.2) is 54.4 Å². The van der Waals surface area contributed by atoms with Crippen molar-refractivity contribution in [3.05, 3.63) is 54.4 Å². The van der Waals surface area contributed by atoms with Gasteiger partial charge in [0.15, 0.2) is 0 Å². The number of fused-ring (bicyclic) bond motifs is 1. The van der Waals surface area contributed by atoms with E-state index in [1.54, 1.807) is 29.9 Å². The Bertz CT molecular complexity index is 864. The number of benzene rings is 1. The highest BCUT2D eigenvalue weighted by Gasteiger charge is 2.11. The molecule has 1 N–H and O–H groups in total. The molecule has 0 aliphatic heterocycles. The van der Waals surface area contributed by atoms with E-state index in [1.807, 2.05) is 18.3 Å². The molecular formula is C15H10N4S. The standard InChI is InChI=1S/C15H10N4S/c1-2-4-12-10(3-1)11(7-18-12)14-9-20-15(19-14)13-8-16-5-6-17-13/h1-9,18H. The molecule has 5 heteroatoms. The van der Waals surface area contributed by atoms with Crippen LogP contribution in [0.2, 0.25) is 0 Å². The molecule has 0 saturated carbocycles. The number of aromatic amines is 1. The number of thiazole rings is 1. The van der Waals surface area contributed by atoms with Gasteiger partial charge in [0.2, 0.25) is 0 Å². The number of hydrogen-bond donors (Lipinski definition) is 1. The summed E-state index contributed by atoms with van der Waals surface area (Å²) in [6.07, 6.45) is 7.08. The summed E-state index contributed by atoms with van der Waals surface area (Å²) in [5, 5.41) is 4.13. The first-order chi connectivity index (χ1) is 9.92. The highest BCUT2D eigenvalue weighted by Crippen LogP contribution is 2.31. The van der Waals surface area contributed by atoms with Crippen molar-refractivity contribution in [3.63, 3.8) is 0 Å². The molecule has 20 heavy (non-hydrogen) atoms. The maximum Gasteiger partial charge on any atom is 0.144 e. The van der Waals surface area contributed by atoms with E-state index in [4.69, 9.17) is 0 Å². The highest BCUT2D eigenvalue weighted by molar-refractivity contribution is 7.13. The molecule has 4 rings (SSSR count). The van der Waals surface area contributed by atoms with E-state index in [9.17, 15) is 0 Å².